The third-order valence-corrected chi connectivity index (χ3v) is 7.35. The standard InChI is InChI=1S/C23H26N2O3S/c1-16-6-11-23-20(13-16)21-15-24(3)12-4-5-22(21)25(23)29(27,28)19-9-7-18(8-10-19)14-17(2)26/h6-11,13H,4-5,12,14-15H2,1-3H3. The Bertz CT molecular complexity index is 1190. The molecule has 2 aromatic carbocycles. The summed E-state index contributed by atoms with van der Waals surface area (Å²) in [6, 6.07) is 12.7. The van der Waals surface area contributed by atoms with Crippen LogP contribution in [-0.2, 0) is 34.2 Å². The van der Waals surface area contributed by atoms with Gasteiger partial charge in [0.25, 0.3) is 10.0 Å². The van der Waals surface area contributed by atoms with E-state index in [4.69, 9.17) is 0 Å². The van der Waals surface area contributed by atoms with Gasteiger partial charge in [0.15, 0.2) is 0 Å². The van der Waals surface area contributed by atoms with Crippen LogP contribution in [0.2, 0.25) is 0 Å². The molecule has 1 aromatic heterocycles. The van der Waals surface area contributed by atoms with Gasteiger partial charge in [-0.3, -0.25) is 4.79 Å². The van der Waals surface area contributed by atoms with E-state index in [1.54, 1.807) is 28.2 Å². The second-order valence-electron chi connectivity index (χ2n) is 8.08. The largest absolute Gasteiger partial charge is 0.302 e. The Morgan fingerprint density at radius 3 is 2.52 bits per heavy atom. The van der Waals surface area contributed by atoms with Crippen molar-refractivity contribution in [1.82, 2.24) is 8.87 Å². The Hall–Kier alpha value is -2.44. The van der Waals surface area contributed by atoms with Crippen molar-refractivity contribution in [2.24, 2.45) is 0 Å². The van der Waals surface area contributed by atoms with Crippen molar-refractivity contribution in [3.63, 3.8) is 0 Å². The number of benzene rings is 2. The number of ketones is 1. The molecule has 152 valence electrons. The maximum atomic E-state index is 13.7. The molecule has 0 radical (unpaired) electrons. The average Bonchev–Trinajstić information content (AvgIpc) is 2.82. The first-order chi connectivity index (χ1) is 13.8. The minimum atomic E-state index is -3.74. The fraction of sp³-hybridized carbons (Fsp3) is 0.348. The predicted molar refractivity (Wildman–Crippen MR) is 115 cm³/mol. The highest BCUT2D eigenvalue weighted by Crippen LogP contribution is 2.34. The molecule has 1 aliphatic rings. The van der Waals surface area contributed by atoms with E-state index in [0.717, 1.165) is 59.2 Å². The maximum Gasteiger partial charge on any atom is 0.268 e. The van der Waals surface area contributed by atoms with Crippen LogP contribution in [0.15, 0.2) is 47.4 Å². The fourth-order valence-corrected chi connectivity index (χ4v) is 5.83. The number of aromatic nitrogens is 1. The summed E-state index contributed by atoms with van der Waals surface area (Å²) in [6.07, 6.45) is 1.97. The Kier molecular flexibility index (Phi) is 5.09. The molecule has 0 saturated carbocycles. The summed E-state index contributed by atoms with van der Waals surface area (Å²) < 4.78 is 28.9. The third kappa shape index (κ3) is 3.63. The first kappa shape index (κ1) is 19.9. The van der Waals surface area contributed by atoms with Gasteiger partial charge >= 0.3 is 0 Å². The van der Waals surface area contributed by atoms with Crippen LogP contribution in [0.25, 0.3) is 10.9 Å². The molecular weight excluding hydrogens is 384 g/mol. The summed E-state index contributed by atoms with van der Waals surface area (Å²) in [5, 5.41) is 1.02. The van der Waals surface area contributed by atoms with E-state index in [0.29, 0.717) is 6.42 Å². The van der Waals surface area contributed by atoms with Gasteiger partial charge in [-0.2, -0.15) is 0 Å². The molecule has 0 saturated heterocycles. The lowest BCUT2D eigenvalue weighted by Crippen LogP contribution is -2.17. The summed E-state index contributed by atoms with van der Waals surface area (Å²) in [7, 11) is -1.66. The molecule has 6 heteroatoms. The Morgan fingerprint density at radius 2 is 1.83 bits per heavy atom. The lowest BCUT2D eigenvalue weighted by Gasteiger charge is -2.13. The maximum absolute atomic E-state index is 13.7. The van der Waals surface area contributed by atoms with E-state index in [-0.39, 0.29) is 10.7 Å². The fourth-order valence-electron chi connectivity index (χ4n) is 4.23. The zero-order chi connectivity index (χ0) is 20.8. The highest BCUT2D eigenvalue weighted by atomic mass is 32.2. The molecule has 3 aromatic rings. The van der Waals surface area contributed by atoms with Crippen molar-refractivity contribution in [1.29, 1.82) is 0 Å². The molecule has 0 aliphatic carbocycles. The minimum absolute atomic E-state index is 0.0572. The van der Waals surface area contributed by atoms with Crippen LogP contribution in [-0.4, -0.2) is 36.7 Å². The smallest absolute Gasteiger partial charge is 0.268 e. The van der Waals surface area contributed by atoms with Crippen molar-refractivity contribution in [3.05, 3.63) is 64.8 Å². The Labute approximate surface area is 172 Å². The first-order valence-corrected chi connectivity index (χ1v) is 11.4. The monoisotopic (exact) mass is 410 g/mol. The van der Waals surface area contributed by atoms with E-state index in [9.17, 15) is 13.2 Å². The molecule has 0 spiro atoms. The van der Waals surface area contributed by atoms with Crippen molar-refractivity contribution >= 4 is 26.7 Å². The predicted octanol–water partition coefficient (Wildman–Crippen LogP) is 3.70. The summed E-state index contributed by atoms with van der Waals surface area (Å²) in [5.41, 5.74) is 4.69. The summed E-state index contributed by atoms with van der Waals surface area (Å²) in [5.74, 6) is 0.0572. The van der Waals surface area contributed by atoms with Gasteiger partial charge in [0, 0.05) is 24.0 Å². The molecule has 29 heavy (non-hydrogen) atoms. The van der Waals surface area contributed by atoms with Crippen molar-refractivity contribution < 1.29 is 13.2 Å². The lowest BCUT2D eigenvalue weighted by atomic mass is 10.1. The highest BCUT2D eigenvalue weighted by Gasteiger charge is 2.28. The van der Waals surface area contributed by atoms with Crippen LogP contribution >= 0.6 is 0 Å². The summed E-state index contributed by atoms with van der Waals surface area (Å²) >= 11 is 0. The van der Waals surface area contributed by atoms with Gasteiger partial charge in [-0.15, -0.1) is 0 Å². The summed E-state index contributed by atoms with van der Waals surface area (Å²) in [4.78, 5) is 13.9. The van der Waals surface area contributed by atoms with Crippen LogP contribution in [0.4, 0.5) is 0 Å². The van der Waals surface area contributed by atoms with Crippen LogP contribution < -0.4 is 0 Å². The minimum Gasteiger partial charge on any atom is -0.302 e. The average molecular weight is 411 g/mol. The van der Waals surface area contributed by atoms with Crippen LogP contribution in [0.5, 0.6) is 0 Å². The van der Waals surface area contributed by atoms with Crippen LogP contribution in [0.3, 0.4) is 0 Å². The molecule has 4 rings (SSSR count). The quantitative estimate of drug-likeness (QED) is 0.658. The van der Waals surface area contributed by atoms with Crippen molar-refractivity contribution in [3.8, 4) is 0 Å². The molecule has 5 nitrogen and oxygen atoms in total. The van der Waals surface area contributed by atoms with Gasteiger partial charge in [-0.25, -0.2) is 12.4 Å². The number of aryl methyl sites for hydroxylation is 1. The number of rotatable bonds is 4. The molecule has 0 bridgehead atoms. The molecular formula is C23H26N2O3S. The SMILES string of the molecule is CC(=O)Cc1ccc(S(=O)(=O)n2c3c(c4cc(C)ccc42)CN(C)CCC3)cc1. The van der Waals surface area contributed by atoms with Gasteiger partial charge in [0.05, 0.1) is 10.4 Å². The number of nitrogens with zero attached hydrogens (tertiary/aromatic N) is 2. The van der Waals surface area contributed by atoms with Crippen molar-refractivity contribution in [2.75, 3.05) is 13.6 Å². The second-order valence-corrected chi connectivity index (χ2v) is 9.87. The lowest BCUT2D eigenvalue weighted by molar-refractivity contribution is -0.116. The van der Waals surface area contributed by atoms with E-state index < -0.39 is 10.0 Å². The van der Waals surface area contributed by atoms with E-state index in [1.165, 1.54) is 6.92 Å². The number of hydrogen-bond donors (Lipinski definition) is 0. The molecule has 0 amide bonds. The van der Waals surface area contributed by atoms with E-state index in [1.807, 2.05) is 19.1 Å². The van der Waals surface area contributed by atoms with E-state index in [2.05, 4.69) is 18.0 Å². The van der Waals surface area contributed by atoms with Crippen molar-refractivity contribution in [2.45, 2.75) is 44.6 Å². The topological polar surface area (TPSA) is 59.4 Å². The molecule has 2 heterocycles. The van der Waals surface area contributed by atoms with E-state index >= 15 is 0 Å². The molecule has 0 unspecified atom stereocenters. The number of hydrogen-bond acceptors (Lipinski definition) is 4. The highest BCUT2D eigenvalue weighted by molar-refractivity contribution is 7.90. The number of carbonyl (C=O) groups excluding carboxylic acids is 1. The van der Waals surface area contributed by atoms with Gasteiger partial charge in [0.1, 0.15) is 5.78 Å². The third-order valence-electron chi connectivity index (χ3n) is 5.59. The normalized spacial score (nSPS) is 15.3. The number of Topliss-reactive ketones (excluding diaryl/α,β-unsaturated/α-hetero) is 1. The van der Waals surface area contributed by atoms with Crippen LogP contribution in [0.1, 0.15) is 35.7 Å². The van der Waals surface area contributed by atoms with Gasteiger partial charge in [-0.05, 0) is 75.7 Å². The number of carbonyl (C=O) groups is 1. The zero-order valence-corrected chi connectivity index (χ0v) is 17.9. The summed E-state index contributed by atoms with van der Waals surface area (Å²) in [6.45, 7) is 5.26. The van der Waals surface area contributed by atoms with Gasteiger partial charge in [0.2, 0.25) is 0 Å². The zero-order valence-electron chi connectivity index (χ0n) is 17.1. The Balaban J connectivity index is 1.91. The van der Waals surface area contributed by atoms with Gasteiger partial charge in [-0.1, -0.05) is 23.8 Å². The number of fused-ring (bicyclic) bond motifs is 3. The molecule has 0 atom stereocenters. The molecule has 0 fully saturated rings. The van der Waals surface area contributed by atoms with Crippen LogP contribution in [0, 0.1) is 6.92 Å². The molecule has 0 N–H and O–H groups in total. The molecule has 1 aliphatic heterocycles. The first-order valence-electron chi connectivity index (χ1n) is 9.92. The van der Waals surface area contributed by atoms with Gasteiger partial charge < -0.3 is 4.90 Å². The Morgan fingerprint density at radius 1 is 1.10 bits per heavy atom. The second kappa shape index (κ2) is 7.43.